The van der Waals surface area contributed by atoms with Crippen LogP contribution in [0.3, 0.4) is 0 Å². The molecule has 2 amide bonds. The molecule has 3 rings (SSSR count). The van der Waals surface area contributed by atoms with Gasteiger partial charge in [-0.15, -0.1) is 0 Å². The molecule has 2 aromatic rings. The normalized spacial score (nSPS) is 16.6. The van der Waals surface area contributed by atoms with Crippen LogP contribution in [0, 0.1) is 6.92 Å². The molecule has 1 aromatic carbocycles. The first-order valence-corrected chi connectivity index (χ1v) is 10.3. The van der Waals surface area contributed by atoms with Gasteiger partial charge in [-0.1, -0.05) is 23.9 Å². The molecule has 154 valence electrons. The number of aryl methyl sites for hydroxylation is 1. The van der Waals surface area contributed by atoms with Crippen molar-refractivity contribution in [3.63, 3.8) is 0 Å². The second-order valence-corrected chi connectivity index (χ2v) is 7.68. The number of nitrogens with one attached hydrogen (secondary N) is 1. The van der Waals surface area contributed by atoms with Gasteiger partial charge in [-0.3, -0.25) is 14.9 Å². The number of thioether (sulfide) groups is 1. The van der Waals surface area contributed by atoms with E-state index < -0.39 is 0 Å². The summed E-state index contributed by atoms with van der Waals surface area (Å²) in [6.45, 7) is 2.93. The summed E-state index contributed by atoms with van der Waals surface area (Å²) in [5, 5.41) is 1.76. The number of hydrogen-bond acceptors (Lipinski definition) is 7. The van der Waals surface area contributed by atoms with Crippen molar-refractivity contribution in [2.24, 2.45) is 0 Å². The number of carbonyl (C=O) groups is 2. The van der Waals surface area contributed by atoms with Gasteiger partial charge in [0, 0.05) is 12.0 Å². The van der Waals surface area contributed by atoms with Crippen LogP contribution in [0.4, 0.5) is 4.79 Å². The molecule has 0 bridgehead atoms. The Bertz CT molecular complexity index is 876. The van der Waals surface area contributed by atoms with E-state index in [-0.39, 0.29) is 16.4 Å². The fourth-order valence-electron chi connectivity index (χ4n) is 2.85. The number of rotatable bonds is 10. The zero-order valence-electron chi connectivity index (χ0n) is 16.5. The summed E-state index contributed by atoms with van der Waals surface area (Å²) in [4.78, 5) is 27.1. The largest absolute Gasteiger partial charge is 0.497 e. The molecule has 7 nitrogen and oxygen atoms in total. The van der Waals surface area contributed by atoms with E-state index in [9.17, 15) is 9.59 Å². The summed E-state index contributed by atoms with van der Waals surface area (Å²) in [7, 11) is 1.63. The van der Waals surface area contributed by atoms with E-state index in [0.29, 0.717) is 31.9 Å². The van der Waals surface area contributed by atoms with Crippen molar-refractivity contribution in [2.75, 3.05) is 20.3 Å². The van der Waals surface area contributed by atoms with E-state index >= 15 is 0 Å². The van der Waals surface area contributed by atoms with E-state index in [0.717, 1.165) is 40.9 Å². The minimum atomic E-state index is -0.275. The van der Waals surface area contributed by atoms with Crippen LogP contribution in [0.1, 0.15) is 24.3 Å². The number of aromatic nitrogens is 1. The SMILES string of the molecule is COc1ccc(-c2nc(CCOC/C=C/CCC3SC(=O)NC3=O)c(C)o2)cc1. The Morgan fingerprint density at radius 3 is 2.72 bits per heavy atom. The van der Waals surface area contributed by atoms with Crippen molar-refractivity contribution >= 4 is 22.9 Å². The summed E-state index contributed by atoms with van der Waals surface area (Å²) in [6.07, 6.45) is 5.94. The van der Waals surface area contributed by atoms with Gasteiger partial charge in [0.1, 0.15) is 11.5 Å². The zero-order chi connectivity index (χ0) is 20.6. The van der Waals surface area contributed by atoms with E-state index in [4.69, 9.17) is 13.9 Å². The van der Waals surface area contributed by atoms with Crippen LogP contribution in [-0.2, 0) is 16.0 Å². The lowest BCUT2D eigenvalue weighted by Crippen LogP contribution is -2.23. The fraction of sp³-hybridized carbons (Fsp3) is 0.381. The predicted octanol–water partition coefficient (Wildman–Crippen LogP) is 3.91. The second kappa shape index (κ2) is 10.3. The van der Waals surface area contributed by atoms with Crippen LogP contribution in [0.2, 0.25) is 0 Å². The van der Waals surface area contributed by atoms with Gasteiger partial charge in [-0.05, 0) is 44.0 Å². The van der Waals surface area contributed by atoms with Crippen molar-refractivity contribution < 1.29 is 23.5 Å². The van der Waals surface area contributed by atoms with Gasteiger partial charge in [0.25, 0.3) is 5.24 Å². The predicted molar refractivity (Wildman–Crippen MR) is 111 cm³/mol. The molecule has 1 saturated heterocycles. The lowest BCUT2D eigenvalue weighted by molar-refractivity contribution is -0.119. The molecule has 1 aliphatic rings. The number of benzene rings is 1. The monoisotopic (exact) mass is 416 g/mol. The van der Waals surface area contributed by atoms with Crippen molar-refractivity contribution in [1.29, 1.82) is 0 Å². The molecule has 1 atom stereocenters. The number of carbonyl (C=O) groups excluding carboxylic acids is 2. The number of oxazole rings is 1. The quantitative estimate of drug-likeness (QED) is 0.464. The lowest BCUT2D eigenvalue weighted by Gasteiger charge is -2.01. The third-order valence-electron chi connectivity index (χ3n) is 4.46. The number of imide groups is 1. The molecular weight excluding hydrogens is 392 g/mol. The molecule has 1 aromatic heterocycles. The highest BCUT2D eigenvalue weighted by molar-refractivity contribution is 8.15. The van der Waals surface area contributed by atoms with E-state index in [1.807, 2.05) is 43.3 Å². The number of ether oxygens (including phenoxy) is 2. The topological polar surface area (TPSA) is 90.7 Å². The molecule has 8 heteroatoms. The molecule has 0 aliphatic carbocycles. The third kappa shape index (κ3) is 5.95. The van der Waals surface area contributed by atoms with Crippen LogP contribution in [0.25, 0.3) is 11.5 Å². The van der Waals surface area contributed by atoms with Gasteiger partial charge in [0.05, 0.1) is 31.3 Å². The van der Waals surface area contributed by atoms with Crippen LogP contribution in [0.15, 0.2) is 40.8 Å². The molecule has 29 heavy (non-hydrogen) atoms. The molecule has 1 fully saturated rings. The van der Waals surface area contributed by atoms with Gasteiger partial charge < -0.3 is 13.9 Å². The van der Waals surface area contributed by atoms with E-state index in [1.54, 1.807) is 7.11 Å². The highest BCUT2D eigenvalue weighted by atomic mass is 32.2. The van der Waals surface area contributed by atoms with Crippen molar-refractivity contribution in [1.82, 2.24) is 10.3 Å². The Kier molecular flexibility index (Phi) is 7.48. The maximum atomic E-state index is 11.5. The van der Waals surface area contributed by atoms with Gasteiger partial charge >= 0.3 is 0 Å². The highest BCUT2D eigenvalue weighted by Gasteiger charge is 2.30. The first kappa shape index (κ1) is 21.1. The number of amides is 2. The highest BCUT2D eigenvalue weighted by Crippen LogP contribution is 2.24. The summed E-state index contributed by atoms with van der Waals surface area (Å²) >= 11 is 1.06. The van der Waals surface area contributed by atoms with Crippen molar-refractivity contribution in [3.05, 3.63) is 47.9 Å². The average Bonchev–Trinajstić information content (AvgIpc) is 3.25. The van der Waals surface area contributed by atoms with Gasteiger partial charge in [0.2, 0.25) is 11.8 Å². The second-order valence-electron chi connectivity index (χ2n) is 6.51. The third-order valence-corrected chi connectivity index (χ3v) is 5.51. The summed E-state index contributed by atoms with van der Waals surface area (Å²) in [5.74, 6) is 1.98. The molecule has 1 aliphatic heterocycles. The van der Waals surface area contributed by atoms with Gasteiger partial charge in [-0.2, -0.15) is 0 Å². The maximum absolute atomic E-state index is 11.5. The summed E-state index contributed by atoms with van der Waals surface area (Å²) in [5.41, 5.74) is 1.79. The smallest absolute Gasteiger partial charge is 0.286 e. The van der Waals surface area contributed by atoms with Gasteiger partial charge in [-0.25, -0.2) is 4.98 Å². The fourth-order valence-corrected chi connectivity index (χ4v) is 3.69. The Hall–Kier alpha value is -2.58. The molecular formula is C21H24N2O5S. The Labute approximate surface area is 173 Å². The van der Waals surface area contributed by atoms with Crippen LogP contribution in [0.5, 0.6) is 5.75 Å². The Morgan fingerprint density at radius 2 is 2.03 bits per heavy atom. The molecule has 0 radical (unpaired) electrons. The molecule has 0 saturated carbocycles. The Morgan fingerprint density at radius 1 is 1.24 bits per heavy atom. The number of allylic oxidation sites excluding steroid dienone is 1. The van der Waals surface area contributed by atoms with Crippen molar-refractivity contribution in [3.8, 4) is 17.2 Å². The Balaban J connectivity index is 1.36. The van der Waals surface area contributed by atoms with E-state index in [1.165, 1.54) is 0 Å². The summed E-state index contributed by atoms with van der Waals surface area (Å²) in [6, 6.07) is 7.58. The first-order valence-electron chi connectivity index (χ1n) is 9.41. The van der Waals surface area contributed by atoms with Crippen LogP contribution in [-0.4, -0.2) is 41.7 Å². The zero-order valence-corrected chi connectivity index (χ0v) is 17.3. The molecule has 1 unspecified atom stereocenters. The van der Waals surface area contributed by atoms with E-state index in [2.05, 4.69) is 10.3 Å². The number of methoxy groups -OCH3 is 1. The maximum Gasteiger partial charge on any atom is 0.286 e. The number of nitrogens with zero attached hydrogens (tertiary/aromatic N) is 1. The summed E-state index contributed by atoms with van der Waals surface area (Å²) < 4.78 is 16.6. The molecule has 0 spiro atoms. The molecule has 2 heterocycles. The van der Waals surface area contributed by atoms with Crippen LogP contribution < -0.4 is 10.1 Å². The number of hydrogen-bond donors (Lipinski definition) is 1. The minimum Gasteiger partial charge on any atom is -0.497 e. The minimum absolute atomic E-state index is 0.193. The standard InChI is InChI=1S/C21H24N2O5S/c1-14-17(22-20(28-14)15-7-9-16(26-2)10-8-15)11-13-27-12-5-3-4-6-18-19(24)23-21(25)29-18/h3,5,7-10,18H,4,6,11-13H2,1-2H3,(H,23,24,25)/b5-3+. The van der Waals surface area contributed by atoms with Crippen molar-refractivity contribution in [2.45, 2.75) is 31.4 Å². The average molecular weight is 416 g/mol. The first-order chi connectivity index (χ1) is 14.1. The van der Waals surface area contributed by atoms with Gasteiger partial charge in [0.15, 0.2) is 0 Å². The lowest BCUT2D eigenvalue weighted by atomic mass is 10.2. The molecule has 1 N–H and O–H groups in total. The van der Waals surface area contributed by atoms with Crippen LogP contribution >= 0.6 is 11.8 Å².